The molecule has 0 saturated carbocycles. The molecule has 0 aliphatic heterocycles. The van der Waals surface area contributed by atoms with E-state index in [2.05, 4.69) is 15.9 Å². The molecule has 1 amide bonds. The van der Waals surface area contributed by atoms with Crippen molar-refractivity contribution in [2.24, 2.45) is 0 Å². The third-order valence-electron chi connectivity index (χ3n) is 2.76. The van der Waals surface area contributed by atoms with E-state index in [1.54, 1.807) is 18.0 Å². The smallest absolute Gasteiger partial charge is 0.289 e. The minimum atomic E-state index is -0.226. The quantitative estimate of drug-likeness (QED) is 0.798. The van der Waals surface area contributed by atoms with Crippen LogP contribution in [0.5, 0.6) is 0 Å². The summed E-state index contributed by atoms with van der Waals surface area (Å²) in [4.78, 5) is 13.8. The molecule has 0 aliphatic rings. The predicted molar refractivity (Wildman–Crippen MR) is 68.1 cm³/mol. The summed E-state index contributed by atoms with van der Waals surface area (Å²) in [6.07, 6.45) is 0.804. The molecular weight excluding hydrogens is 270 g/mol. The van der Waals surface area contributed by atoms with Gasteiger partial charge in [-0.05, 0) is 26.0 Å². The van der Waals surface area contributed by atoms with E-state index in [4.69, 9.17) is 4.42 Å². The van der Waals surface area contributed by atoms with Gasteiger partial charge >= 0.3 is 0 Å². The second-order valence-corrected chi connectivity index (χ2v) is 4.99. The van der Waals surface area contributed by atoms with Crippen LogP contribution >= 0.6 is 15.9 Å². The van der Waals surface area contributed by atoms with Gasteiger partial charge in [0.1, 0.15) is 5.76 Å². The Bertz CT molecular complexity index is 371. The van der Waals surface area contributed by atoms with E-state index in [1.807, 2.05) is 26.8 Å². The zero-order valence-corrected chi connectivity index (χ0v) is 11.8. The van der Waals surface area contributed by atoms with Crippen LogP contribution in [0.1, 0.15) is 37.1 Å². The summed E-state index contributed by atoms with van der Waals surface area (Å²) in [5, 5.41) is 0.726. The first kappa shape index (κ1) is 13.3. The second-order valence-electron chi connectivity index (χ2n) is 4.43. The number of carbonyl (C=O) groups excluding carboxylic acids is 1. The van der Waals surface area contributed by atoms with E-state index in [-0.39, 0.29) is 11.4 Å². The third-order valence-corrected chi connectivity index (χ3v) is 4.13. The Morgan fingerprint density at radius 1 is 1.50 bits per heavy atom. The molecule has 90 valence electrons. The van der Waals surface area contributed by atoms with Crippen molar-refractivity contribution in [3.05, 3.63) is 23.7 Å². The molecule has 0 fully saturated rings. The molecule has 0 aromatic carbocycles. The van der Waals surface area contributed by atoms with Crippen LogP contribution in [0.15, 0.2) is 16.5 Å². The van der Waals surface area contributed by atoms with Crippen LogP contribution in [0.2, 0.25) is 0 Å². The highest BCUT2D eigenvalue weighted by Gasteiger charge is 2.28. The summed E-state index contributed by atoms with van der Waals surface area (Å²) in [7, 11) is 1.79. The summed E-state index contributed by atoms with van der Waals surface area (Å²) in [5.74, 6) is 1.17. The van der Waals surface area contributed by atoms with Crippen molar-refractivity contribution in [2.45, 2.75) is 32.7 Å². The van der Waals surface area contributed by atoms with Gasteiger partial charge in [0, 0.05) is 24.3 Å². The highest BCUT2D eigenvalue weighted by Crippen LogP contribution is 2.19. The average molecular weight is 288 g/mol. The van der Waals surface area contributed by atoms with Gasteiger partial charge in [-0.2, -0.15) is 0 Å². The molecule has 0 bridgehead atoms. The van der Waals surface area contributed by atoms with E-state index in [9.17, 15) is 4.79 Å². The molecule has 1 heterocycles. The number of amides is 1. The topological polar surface area (TPSA) is 33.5 Å². The van der Waals surface area contributed by atoms with E-state index < -0.39 is 0 Å². The number of rotatable bonds is 4. The van der Waals surface area contributed by atoms with Crippen LogP contribution in [0.3, 0.4) is 0 Å². The number of furan rings is 1. The van der Waals surface area contributed by atoms with E-state index >= 15 is 0 Å². The Morgan fingerprint density at radius 2 is 2.12 bits per heavy atom. The van der Waals surface area contributed by atoms with Gasteiger partial charge in [0.25, 0.3) is 5.91 Å². The summed E-state index contributed by atoms with van der Waals surface area (Å²) in [6, 6.07) is 3.59. The monoisotopic (exact) mass is 287 g/mol. The van der Waals surface area contributed by atoms with Crippen LogP contribution < -0.4 is 0 Å². The highest BCUT2D eigenvalue weighted by atomic mass is 79.9. The van der Waals surface area contributed by atoms with E-state index in [0.717, 1.165) is 17.5 Å². The van der Waals surface area contributed by atoms with Crippen molar-refractivity contribution in [1.82, 2.24) is 4.90 Å². The van der Waals surface area contributed by atoms with Gasteiger partial charge in [-0.25, -0.2) is 0 Å². The fourth-order valence-electron chi connectivity index (χ4n) is 1.21. The zero-order chi connectivity index (χ0) is 12.3. The Kier molecular flexibility index (Phi) is 4.19. The lowest BCUT2D eigenvalue weighted by atomic mass is 10.1. The maximum Gasteiger partial charge on any atom is 0.289 e. The molecule has 1 aromatic heterocycles. The molecule has 0 radical (unpaired) electrons. The number of carbonyl (C=O) groups is 1. The van der Waals surface area contributed by atoms with Gasteiger partial charge in [0.15, 0.2) is 5.76 Å². The van der Waals surface area contributed by atoms with Crippen molar-refractivity contribution in [1.29, 1.82) is 0 Å². The van der Waals surface area contributed by atoms with Crippen molar-refractivity contribution in [2.75, 3.05) is 12.4 Å². The molecule has 0 N–H and O–H groups in total. The lowest BCUT2D eigenvalue weighted by molar-refractivity contribution is 0.0629. The average Bonchev–Trinajstić information content (AvgIpc) is 2.75. The summed E-state index contributed by atoms with van der Waals surface area (Å²) < 4.78 is 5.45. The second kappa shape index (κ2) is 5.04. The molecule has 0 saturated heterocycles. The van der Waals surface area contributed by atoms with Crippen molar-refractivity contribution in [3.63, 3.8) is 0 Å². The lowest BCUT2D eigenvalue weighted by Gasteiger charge is -2.33. The predicted octanol–water partition coefficient (Wildman–Crippen LogP) is 3.09. The standard InChI is InChI=1S/C12H18BrNO2/c1-5-9-6-7-10(16-9)11(15)14(4)12(2,3)8-13/h6-7H,5,8H2,1-4H3. The van der Waals surface area contributed by atoms with Crippen molar-refractivity contribution >= 4 is 21.8 Å². The molecule has 0 aliphatic carbocycles. The largest absolute Gasteiger partial charge is 0.456 e. The normalized spacial score (nSPS) is 11.6. The molecule has 3 nitrogen and oxygen atoms in total. The van der Waals surface area contributed by atoms with Gasteiger partial charge in [-0.15, -0.1) is 0 Å². The third kappa shape index (κ3) is 2.67. The summed E-state index contributed by atoms with van der Waals surface area (Å²) in [5.41, 5.74) is -0.226. The van der Waals surface area contributed by atoms with Crippen LogP contribution in [0.25, 0.3) is 0 Å². The van der Waals surface area contributed by atoms with Gasteiger partial charge in [0.05, 0.1) is 0 Å². The zero-order valence-electron chi connectivity index (χ0n) is 10.2. The maximum absolute atomic E-state index is 12.1. The number of halogens is 1. The van der Waals surface area contributed by atoms with Crippen molar-refractivity contribution in [3.8, 4) is 0 Å². The minimum absolute atomic E-state index is 0.0795. The number of hydrogen-bond donors (Lipinski definition) is 0. The molecule has 0 spiro atoms. The lowest BCUT2D eigenvalue weighted by Crippen LogP contribution is -2.46. The molecule has 1 rings (SSSR count). The van der Waals surface area contributed by atoms with Crippen LogP contribution in [0, 0.1) is 0 Å². The van der Waals surface area contributed by atoms with Gasteiger partial charge in [0.2, 0.25) is 0 Å². The number of alkyl halides is 1. The van der Waals surface area contributed by atoms with Gasteiger partial charge < -0.3 is 9.32 Å². The van der Waals surface area contributed by atoms with Crippen LogP contribution in [-0.2, 0) is 6.42 Å². The summed E-state index contributed by atoms with van der Waals surface area (Å²) >= 11 is 3.41. The van der Waals surface area contributed by atoms with Gasteiger partial charge in [-0.1, -0.05) is 22.9 Å². The maximum atomic E-state index is 12.1. The number of hydrogen-bond acceptors (Lipinski definition) is 2. The van der Waals surface area contributed by atoms with E-state index in [0.29, 0.717) is 5.76 Å². The molecular formula is C12H18BrNO2. The fourth-order valence-corrected chi connectivity index (χ4v) is 1.59. The van der Waals surface area contributed by atoms with E-state index in [1.165, 1.54) is 0 Å². The molecule has 0 unspecified atom stereocenters. The SMILES string of the molecule is CCc1ccc(C(=O)N(C)C(C)(C)CBr)o1. The first-order valence-corrected chi connectivity index (χ1v) is 6.47. The Hall–Kier alpha value is -0.770. The van der Waals surface area contributed by atoms with Crippen LogP contribution in [-0.4, -0.2) is 28.7 Å². The van der Waals surface area contributed by atoms with Gasteiger partial charge in [-0.3, -0.25) is 4.79 Å². The Balaban J connectivity index is 2.85. The summed E-state index contributed by atoms with van der Waals surface area (Å²) in [6.45, 7) is 6.01. The highest BCUT2D eigenvalue weighted by molar-refractivity contribution is 9.09. The minimum Gasteiger partial charge on any atom is -0.456 e. The molecule has 1 aromatic rings. The number of aryl methyl sites for hydroxylation is 1. The molecule has 16 heavy (non-hydrogen) atoms. The number of nitrogens with zero attached hydrogens (tertiary/aromatic N) is 1. The first-order valence-electron chi connectivity index (χ1n) is 5.35. The Morgan fingerprint density at radius 3 is 2.56 bits per heavy atom. The fraction of sp³-hybridized carbons (Fsp3) is 0.583. The van der Waals surface area contributed by atoms with Crippen LogP contribution in [0.4, 0.5) is 0 Å². The van der Waals surface area contributed by atoms with Crippen molar-refractivity contribution < 1.29 is 9.21 Å². The first-order chi connectivity index (χ1) is 7.42. The Labute approximate surface area is 105 Å². The molecule has 0 atom stereocenters. The molecule has 4 heteroatoms.